The zero-order chi connectivity index (χ0) is 51.4. The van der Waals surface area contributed by atoms with E-state index >= 15 is 0 Å². The number of aliphatic hydroxyl groups is 2. The third kappa shape index (κ3) is 12.3. The van der Waals surface area contributed by atoms with Gasteiger partial charge in [-0.25, -0.2) is 4.98 Å². The van der Waals surface area contributed by atoms with E-state index in [4.69, 9.17) is 16.3 Å². The number of aromatic nitrogens is 1. The van der Waals surface area contributed by atoms with Crippen molar-refractivity contribution >= 4 is 46.6 Å². The minimum absolute atomic E-state index is 0.0383. The van der Waals surface area contributed by atoms with Crippen LogP contribution in [0, 0.1) is 34.5 Å². The number of piperazine rings is 1. The van der Waals surface area contributed by atoms with E-state index in [2.05, 4.69) is 64.5 Å². The topological polar surface area (TPSA) is 200 Å². The van der Waals surface area contributed by atoms with Crippen LogP contribution in [0.4, 0.5) is 0 Å². The van der Waals surface area contributed by atoms with Gasteiger partial charge >= 0.3 is 0 Å². The van der Waals surface area contributed by atoms with Crippen molar-refractivity contribution in [2.75, 3.05) is 52.4 Å². The van der Waals surface area contributed by atoms with Gasteiger partial charge in [0, 0.05) is 67.6 Å². The van der Waals surface area contributed by atoms with E-state index in [-0.39, 0.29) is 60.9 Å². The van der Waals surface area contributed by atoms with E-state index in [1.807, 2.05) is 76.2 Å². The first kappa shape index (κ1) is 53.4. The van der Waals surface area contributed by atoms with Crippen molar-refractivity contribution < 1.29 is 34.1 Å². The van der Waals surface area contributed by atoms with Gasteiger partial charge in [-0.05, 0) is 72.7 Å². The highest BCUT2D eigenvalue weighted by atomic mass is 35.5. The molecule has 0 bridgehead atoms. The Labute approximate surface area is 426 Å². The summed E-state index contributed by atoms with van der Waals surface area (Å²) in [6.45, 7) is 19.4. The number of nitrogens with one attached hydrogen (secondary N) is 3. The number of aryl methyl sites for hydroxylation is 2. The van der Waals surface area contributed by atoms with E-state index in [1.54, 1.807) is 23.7 Å². The molecule has 0 radical (unpaired) electrons. The van der Waals surface area contributed by atoms with Crippen molar-refractivity contribution in [1.29, 1.82) is 5.26 Å². The van der Waals surface area contributed by atoms with Gasteiger partial charge in [-0.1, -0.05) is 96.5 Å². The molecule has 0 unspecified atom stereocenters. The summed E-state index contributed by atoms with van der Waals surface area (Å²) in [7, 11) is 0. The van der Waals surface area contributed by atoms with Crippen molar-refractivity contribution in [2.24, 2.45) is 16.2 Å². The Hall–Kier alpha value is -5.41. The number of likely N-dealkylation sites (tertiary alicyclic amines) is 1. The summed E-state index contributed by atoms with van der Waals surface area (Å²) in [4.78, 5) is 66.3. The largest absolute Gasteiger partial charge is 0.489 e. The van der Waals surface area contributed by atoms with E-state index in [1.165, 1.54) is 16.2 Å². The highest BCUT2D eigenvalue weighted by molar-refractivity contribution is 7.13. The van der Waals surface area contributed by atoms with Gasteiger partial charge in [0.05, 0.1) is 52.0 Å². The van der Waals surface area contributed by atoms with Crippen LogP contribution < -0.4 is 20.7 Å². The van der Waals surface area contributed by atoms with Gasteiger partial charge in [-0.2, -0.15) is 5.26 Å². The molecule has 17 heteroatoms. The van der Waals surface area contributed by atoms with Gasteiger partial charge in [0.25, 0.3) is 5.91 Å². The number of nitrogens with zero attached hydrogens (tertiary/aromatic N) is 5. The molecule has 1 saturated carbocycles. The second kappa shape index (κ2) is 22.1. The van der Waals surface area contributed by atoms with Crippen molar-refractivity contribution in [1.82, 2.24) is 35.6 Å². The number of hydrogen-bond donors (Lipinski definition) is 5. The van der Waals surface area contributed by atoms with Crippen molar-refractivity contribution in [3.05, 3.63) is 105 Å². The molecule has 71 heavy (non-hydrogen) atoms. The third-order valence-electron chi connectivity index (χ3n) is 14.5. The van der Waals surface area contributed by atoms with Crippen LogP contribution in [0.3, 0.4) is 0 Å². The molecule has 7 rings (SSSR count). The quantitative estimate of drug-likeness (QED) is 0.0813. The van der Waals surface area contributed by atoms with Crippen LogP contribution in [-0.2, 0) is 20.8 Å². The fraction of sp³-hybridized carbons (Fsp3) is 0.519. The Morgan fingerprint density at radius 2 is 1.62 bits per heavy atom. The van der Waals surface area contributed by atoms with Crippen LogP contribution in [0.2, 0.25) is 5.02 Å². The molecule has 5 N–H and O–H groups in total. The lowest BCUT2D eigenvalue weighted by atomic mass is 9.49. The Balaban J connectivity index is 0.840. The molecule has 4 aromatic rings. The fourth-order valence-electron chi connectivity index (χ4n) is 10.8. The maximum absolute atomic E-state index is 14.3. The highest BCUT2D eigenvalue weighted by Crippen LogP contribution is 2.55. The molecule has 2 saturated heterocycles. The molecular formula is C54H69ClN8O7S. The minimum Gasteiger partial charge on any atom is -0.489 e. The molecule has 1 aromatic heterocycles. The van der Waals surface area contributed by atoms with Crippen LogP contribution in [0.1, 0.15) is 100 Å². The van der Waals surface area contributed by atoms with Crippen LogP contribution in [-0.4, -0.2) is 136 Å². The molecule has 380 valence electrons. The molecule has 0 spiro atoms. The van der Waals surface area contributed by atoms with E-state index in [0.29, 0.717) is 40.6 Å². The zero-order valence-corrected chi connectivity index (χ0v) is 43.7. The van der Waals surface area contributed by atoms with Gasteiger partial charge in [-0.15, -0.1) is 11.3 Å². The number of amides is 4. The molecule has 3 aliphatic rings. The summed E-state index contributed by atoms with van der Waals surface area (Å²) in [6, 6.07) is 19.7. The predicted molar refractivity (Wildman–Crippen MR) is 275 cm³/mol. The Morgan fingerprint density at radius 1 is 0.958 bits per heavy atom. The van der Waals surface area contributed by atoms with Crippen LogP contribution >= 0.6 is 22.9 Å². The number of halogens is 1. The van der Waals surface area contributed by atoms with Gasteiger partial charge in [-0.3, -0.25) is 24.1 Å². The van der Waals surface area contributed by atoms with Crippen LogP contribution in [0.5, 0.6) is 5.75 Å². The summed E-state index contributed by atoms with van der Waals surface area (Å²) in [6.07, 6.45) is 0.709. The number of hydrogen-bond acceptors (Lipinski definition) is 12. The molecule has 2 aliphatic heterocycles. The molecule has 1 aliphatic carbocycles. The maximum Gasteiger partial charge on any atom is 0.251 e. The van der Waals surface area contributed by atoms with Crippen LogP contribution in [0.15, 0.2) is 72.2 Å². The lowest BCUT2D eigenvalue weighted by Crippen LogP contribution is -2.74. The number of carbonyl (C=O) groups is 4. The maximum atomic E-state index is 14.3. The predicted octanol–water partition coefficient (Wildman–Crippen LogP) is 6.15. The first-order valence-electron chi connectivity index (χ1n) is 24.5. The highest BCUT2D eigenvalue weighted by Gasteiger charge is 2.64. The van der Waals surface area contributed by atoms with Crippen molar-refractivity contribution in [2.45, 2.75) is 111 Å². The number of nitriles is 1. The van der Waals surface area contributed by atoms with E-state index in [9.17, 15) is 34.7 Å². The minimum atomic E-state index is -0.982. The normalized spacial score (nSPS) is 21.9. The zero-order valence-electron chi connectivity index (χ0n) is 42.1. The Bertz CT molecular complexity index is 2570. The number of aliphatic hydroxyl groups excluding tert-OH is 2. The lowest BCUT2D eigenvalue weighted by Gasteiger charge is -2.63. The second-order valence-corrected chi connectivity index (χ2v) is 22.9. The number of benzene rings is 3. The Kier molecular flexibility index (Phi) is 16.7. The summed E-state index contributed by atoms with van der Waals surface area (Å²) in [5, 5.41) is 39.7. The average molecular weight is 1010 g/mol. The average Bonchev–Trinajstić information content (AvgIpc) is 3.96. The van der Waals surface area contributed by atoms with Crippen molar-refractivity contribution in [3.8, 4) is 22.3 Å². The second-order valence-electron chi connectivity index (χ2n) is 21.6. The lowest BCUT2D eigenvalue weighted by molar-refractivity contribution is -0.164. The SMILES string of the molecule is Cc1ncsc1-c1ccc([C@H](CO)NC(=O)[C@@H]2C[C@@H](O)CN2C(=O)[C@@H](NC(=O)CN2CCN(CCCc3ccc(C(=O)NC4C(C)(C)C(Oc5ccc(C#N)c(Cl)c5)C4(C)C)cc3)CC2)C(C)(C)C)cc1. The monoisotopic (exact) mass is 1010 g/mol. The molecule has 4 atom stereocenters. The van der Waals surface area contributed by atoms with Gasteiger partial charge < -0.3 is 40.7 Å². The number of thiazole rings is 1. The standard InChI is InChI=1S/C54H69ClN8O7S/c1-33-45(71-32-57-33)36-17-15-35(16-18-36)42(31-64)58-48(68)43-26-39(65)29-63(43)49(69)46(52(2,3)4)59-44(66)30-62-24-22-61(23-25-62)21-9-10-34-11-13-37(14-12-34)47(67)60-50-53(5,6)51(54(50,7)8)70-40-20-19-38(28-56)41(55)27-40/h11-20,27,32,39,42-43,46,50-51,64-65H,9-10,21-26,29-31H2,1-8H3,(H,58,68)(H,59,66)(H,60,67)/t39-,42+,43+,46-,50?,51?/m1/s1. The molecule has 3 fully saturated rings. The molecule has 4 amide bonds. The molecule has 3 heterocycles. The first-order chi connectivity index (χ1) is 33.6. The molecule has 3 aromatic carbocycles. The number of rotatable bonds is 17. The number of β-amino-alcohol motifs (C(OH)–C–C–N with tert-alkyl or cyclic N) is 1. The van der Waals surface area contributed by atoms with Gasteiger partial charge in [0.1, 0.15) is 30.0 Å². The van der Waals surface area contributed by atoms with Crippen LogP contribution in [0.25, 0.3) is 10.4 Å². The molecular weight excluding hydrogens is 940 g/mol. The van der Waals surface area contributed by atoms with Crippen molar-refractivity contribution in [3.63, 3.8) is 0 Å². The van der Waals surface area contributed by atoms with Gasteiger partial charge in [0.2, 0.25) is 17.7 Å². The number of carbonyl (C=O) groups excluding carboxylic acids is 4. The summed E-state index contributed by atoms with van der Waals surface area (Å²) < 4.78 is 6.38. The molecule has 15 nitrogen and oxygen atoms in total. The summed E-state index contributed by atoms with van der Waals surface area (Å²) >= 11 is 7.80. The smallest absolute Gasteiger partial charge is 0.251 e. The fourth-order valence-corrected chi connectivity index (χ4v) is 11.8. The Morgan fingerprint density at radius 3 is 2.21 bits per heavy atom. The summed E-state index contributed by atoms with van der Waals surface area (Å²) in [5.74, 6) is -0.762. The summed E-state index contributed by atoms with van der Waals surface area (Å²) in [5.41, 5.74) is 5.08. The van der Waals surface area contributed by atoms with E-state index < -0.39 is 41.5 Å². The first-order valence-corrected chi connectivity index (χ1v) is 25.8. The third-order valence-corrected chi connectivity index (χ3v) is 15.8. The van der Waals surface area contributed by atoms with Gasteiger partial charge in [0.15, 0.2) is 0 Å². The van der Waals surface area contributed by atoms with E-state index in [0.717, 1.165) is 54.2 Å². The number of ether oxygens (including phenoxy) is 1.